The zero-order chi connectivity index (χ0) is 101. The molecule has 26 nitrogen and oxygen atoms in total. The van der Waals surface area contributed by atoms with Gasteiger partial charge in [0.05, 0.1) is 50.0 Å². The molecule has 6 aromatic carbocycles. The molecule has 144 heavy (non-hydrogen) atoms. The first kappa shape index (κ1) is 131. The highest BCUT2D eigenvalue weighted by Crippen LogP contribution is 2.43. The molecule has 0 aliphatic carbocycles. The number of likely N-dealkylation sites (tertiary alicyclic amines) is 3. The summed E-state index contributed by atoms with van der Waals surface area (Å²) in [6.07, 6.45) is 2.21. The summed E-state index contributed by atoms with van der Waals surface area (Å²) in [4.78, 5) is 96.7. The number of aliphatic hydroxyl groups is 2. The third-order valence-electron chi connectivity index (χ3n) is 25.8. The van der Waals surface area contributed by atoms with Crippen molar-refractivity contribution in [2.24, 2.45) is 32.5 Å². The zero-order valence-corrected chi connectivity index (χ0v) is 86.9. The zero-order valence-electron chi connectivity index (χ0n) is 84.5. The molecule has 10 heterocycles. The van der Waals surface area contributed by atoms with Crippen molar-refractivity contribution < 1.29 is 98.7 Å². The van der Waals surface area contributed by atoms with E-state index < -0.39 is 64.2 Å². The number of carbonyl (C=O) groups excluding carboxylic acids is 7. The predicted octanol–water partition coefficient (Wildman–Crippen LogP) is 24.2. The molecule has 9 atom stereocenters. The van der Waals surface area contributed by atoms with Crippen molar-refractivity contribution in [2.45, 2.75) is 294 Å². The van der Waals surface area contributed by atoms with Gasteiger partial charge in [0.1, 0.15) is 58.7 Å². The largest absolute Gasteiger partial charge is 0.448 e. The smallest absolute Gasteiger partial charge is 0.410 e. The number of hydrogen-bond donors (Lipinski definition) is 5. The molecule has 7 saturated heterocycles. The third kappa shape index (κ3) is 37.3. The maximum atomic E-state index is 13.6. The van der Waals surface area contributed by atoms with Crippen LogP contribution in [0.1, 0.15) is 271 Å². The third-order valence-corrected chi connectivity index (χ3v) is 25.9. The lowest BCUT2D eigenvalue weighted by atomic mass is 9.88. The Hall–Kier alpha value is -9.18. The molecular weight excluding hydrogens is 1910 g/mol. The van der Waals surface area contributed by atoms with Gasteiger partial charge < -0.3 is 78.8 Å². The predicted molar refractivity (Wildman–Crippen MR) is 571 cm³/mol. The number of rotatable bonds is 7. The summed E-state index contributed by atoms with van der Waals surface area (Å²) in [5, 5.41) is 28.6. The van der Waals surface area contributed by atoms with Crippen LogP contribution >= 0.6 is 36.2 Å². The number of nitrogens with zero attached hydrogens (tertiary/aromatic N) is 6. The Morgan fingerprint density at radius 3 is 0.889 bits per heavy atom. The summed E-state index contributed by atoms with van der Waals surface area (Å²) < 4.78 is 94.6. The van der Waals surface area contributed by atoms with Gasteiger partial charge in [-0.25, -0.2) is 46.7 Å². The molecule has 6 amide bonds. The van der Waals surface area contributed by atoms with E-state index in [1.165, 1.54) is 71.5 Å². The molecule has 0 bridgehead atoms. The van der Waals surface area contributed by atoms with Crippen LogP contribution in [0, 0.1) is 49.9 Å². The number of benzene rings is 6. The molecular formula is C111H173Cl2F4N9O17S. The Kier molecular flexibility index (Phi) is 51.1. The Bertz CT molecular complexity index is 4830. The molecule has 812 valence electrons. The van der Waals surface area contributed by atoms with E-state index in [4.69, 9.17) is 49.5 Å². The minimum Gasteiger partial charge on any atom is -0.448 e. The van der Waals surface area contributed by atoms with Crippen LogP contribution in [-0.2, 0) is 57.2 Å². The van der Waals surface area contributed by atoms with Crippen molar-refractivity contribution in [3.05, 3.63) is 213 Å². The highest BCUT2D eigenvalue weighted by molar-refractivity contribution is 7.93. The molecule has 5 N–H and O–H groups in total. The summed E-state index contributed by atoms with van der Waals surface area (Å²) in [5.41, 5.74) is 5.85. The first-order valence-electron chi connectivity index (χ1n) is 47.5. The molecule has 6 aromatic rings. The molecule has 0 spiro atoms. The van der Waals surface area contributed by atoms with Crippen LogP contribution in [-0.4, -0.2) is 253 Å². The first-order valence-corrected chi connectivity index (χ1v) is 49.0. The average molecular weight is 2080 g/mol. The lowest BCUT2D eigenvalue weighted by Crippen LogP contribution is -2.44. The Morgan fingerprint density at radius 2 is 0.653 bits per heavy atom. The van der Waals surface area contributed by atoms with E-state index in [0.29, 0.717) is 71.9 Å². The van der Waals surface area contributed by atoms with Gasteiger partial charge in [-0.1, -0.05) is 237 Å². The van der Waals surface area contributed by atoms with Crippen LogP contribution in [0.15, 0.2) is 146 Å². The summed E-state index contributed by atoms with van der Waals surface area (Å²) in [7, 11) is 0. The minimum atomic E-state index is -0.848. The number of β-amino-alcohol motifs (C(OH)–C–C–N with tert-alkyl or cyclic N) is 2. The SMILES string of the molecule is C.C.C.C.C.C.C1CCOC1.CC(C)(C)OC(=O)N1CC(O)C(C)(C)C1.CC(C)(C)OC(=O)N1CC(OC(=O)Cl)C(C)(C)C1.CC(C)(C)OC(=O)N1CC(OC(=O)N2CCc3ccccc3[C@@H]2c2ccc(F)cc2)C(C)(C)C1.CC1(C)CNCC1O.CC1(C)CNCC1OC(=O)N1CCc2ccccc2[C@@H]1c1ccc(F)cc1.CC1(C)CNC[C@@H]1OC(=O)N1CCc2ccccc2[C@@H]1c1ccc(F)cc1.CSF.Cl. The fourth-order valence-corrected chi connectivity index (χ4v) is 17.9. The van der Waals surface area contributed by atoms with Gasteiger partial charge >= 0.3 is 42.0 Å². The van der Waals surface area contributed by atoms with E-state index in [2.05, 4.69) is 75.7 Å². The average Bonchev–Trinajstić information content (AvgIpc) is 1.19. The van der Waals surface area contributed by atoms with Gasteiger partial charge in [-0.2, -0.15) is 3.89 Å². The quantitative estimate of drug-likeness (QED) is 0.0564. The summed E-state index contributed by atoms with van der Waals surface area (Å²) >= 11 is 5.47. The maximum absolute atomic E-state index is 13.6. The molecule has 16 rings (SSSR count). The van der Waals surface area contributed by atoms with E-state index in [1.807, 2.05) is 158 Å². The van der Waals surface area contributed by atoms with Crippen molar-refractivity contribution in [1.29, 1.82) is 0 Å². The molecule has 5 unspecified atom stereocenters. The number of carbonyl (C=O) groups is 7. The number of halogens is 6. The van der Waals surface area contributed by atoms with E-state index >= 15 is 0 Å². The fourth-order valence-electron chi connectivity index (χ4n) is 17.8. The number of fused-ring (bicyclic) bond motifs is 3. The van der Waals surface area contributed by atoms with Crippen molar-refractivity contribution in [3.8, 4) is 0 Å². The fraction of sp³-hybridized carbons (Fsp3) is 0.613. The monoisotopic (exact) mass is 2080 g/mol. The van der Waals surface area contributed by atoms with Crippen molar-refractivity contribution in [1.82, 2.24) is 45.3 Å². The summed E-state index contributed by atoms with van der Waals surface area (Å²) in [6.45, 7) is 51.4. The molecule has 10 aliphatic heterocycles. The van der Waals surface area contributed by atoms with Crippen LogP contribution < -0.4 is 16.0 Å². The highest BCUT2D eigenvalue weighted by atomic mass is 35.5. The number of hydrogen-bond acceptors (Lipinski definition) is 21. The highest BCUT2D eigenvalue weighted by Gasteiger charge is 2.50. The van der Waals surface area contributed by atoms with E-state index in [0.717, 1.165) is 91.2 Å². The Balaban J connectivity index is 0.000000588. The number of amides is 6. The normalized spacial score (nSPS) is 22.5. The first-order chi connectivity index (χ1) is 64.0. The number of nitrogens with one attached hydrogen (secondary N) is 3. The van der Waals surface area contributed by atoms with Gasteiger partial charge in [-0.05, 0) is 181 Å². The minimum absolute atomic E-state index is 0. The molecule has 0 radical (unpaired) electrons. The second-order valence-corrected chi connectivity index (χ2v) is 44.3. The standard InChI is InChI=1S/C27H33FN2O4.2C22H25FN2O2.C12H20ClNO4.C11H21NO3.C6H13NO.C4H8O.CH3FS.6CH4.ClH/c1-26(2,3)34-24(31)29-16-22(27(4,5)17-29)33-25(32)30-15-14-18-8-6-7-9-21(18)23(30)19-10-12-20(28)13-11-19;2*1-22(2)14-24-13-19(22)27-21(26)25-12-11-15-5-3-4-6-18(15)20(25)16-7-9-17(23)10-8-16;1-11(2,3)18-10(16)14-6-8(17-9(13)15)12(4,5)7-14;1-10(2,3)15-9(14)12-6-8(13)11(4,5)7-12;1-6(2)4-7-3-5(6)8;1-2-4-5-3-1;1-3-2;;;;;;;/h6-13,22-23H,14-17H2,1-5H3;2*3-10,19-20,24H,11-14H2,1-2H3;8H,6-7H2,1-5H3;8,13H,6-7H2,1-5H3;5,7-8H,3-4H2,1-2H3;1-4H2;1H3;6*1H4;1H/t22?,23-;19?,20-;19-,20-;;;;;;;;;;;;/m000............/s1. The topological polar surface area (TPSA) is 289 Å². The van der Waals surface area contributed by atoms with Gasteiger partial charge in [0.2, 0.25) is 0 Å². The molecule has 10 aliphatic rings. The molecule has 7 fully saturated rings. The molecule has 33 heteroatoms. The van der Waals surface area contributed by atoms with Gasteiger partial charge in [0, 0.05) is 154 Å². The summed E-state index contributed by atoms with van der Waals surface area (Å²) in [6, 6.07) is 42.4. The van der Waals surface area contributed by atoms with Gasteiger partial charge in [0.25, 0.3) is 0 Å². The van der Waals surface area contributed by atoms with Crippen LogP contribution in [0.2, 0.25) is 0 Å². The van der Waals surface area contributed by atoms with Gasteiger partial charge in [0.15, 0.2) is 0 Å². The van der Waals surface area contributed by atoms with E-state index in [-0.39, 0.29) is 175 Å². The molecule has 0 saturated carbocycles. The van der Waals surface area contributed by atoms with E-state index in [1.54, 1.807) is 60.9 Å². The van der Waals surface area contributed by atoms with Crippen LogP contribution in [0.25, 0.3) is 0 Å². The van der Waals surface area contributed by atoms with Crippen LogP contribution in [0.3, 0.4) is 0 Å². The lowest BCUT2D eigenvalue weighted by molar-refractivity contribution is 0.0171. The molecule has 0 aromatic heterocycles. The lowest BCUT2D eigenvalue weighted by Gasteiger charge is -2.38. The summed E-state index contributed by atoms with van der Waals surface area (Å²) in [5.74, 6) is -0.886. The van der Waals surface area contributed by atoms with Crippen molar-refractivity contribution >= 4 is 78.1 Å². The van der Waals surface area contributed by atoms with Crippen LogP contribution in [0.4, 0.5) is 50.6 Å². The van der Waals surface area contributed by atoms with Crippen LogP contribution in [0.5, 0.6) is 0 Å². The number of aliphatic hydroxyl groups excluding tert-OH is 2. The van der Waals surface area contributed by atoms with Crippen molar-refractivity contribution in [3.63, 3.8) is 0 Å². The maximum Gasteiger partial charge on any atom is 0.410 e. The number of ether oxygens (including phenoxy) is 8. The van der Waals surface area contributed by atoms with E-state index in [9.17, 15) is 60.8 Å². The van der Waals surface area contributed by atoms with Crippen molar-refractivity contribution in [2.75, 3.05) is 118 Å². The second kappa shape index (κ2) is 56.3. The van der Waals surface area contributed by atoms with Gasteiger partial charge in [-0.3, -0.25) is 14.7 Å². The Morgan fingerprint density at radius 1 is 0.382 bits per heavy atom. The van der Waals surface area contributed by atoms with Gasteiger partial charge in [-0.15, -0.1) is 12.4 Å². The second-order valence-electron chi connectivity index (χ2n) is 43.7. The Labute approximate surface area is 873 Å².